The van der Waals surface area contributed by atoms with Gasteiger partial charge in [-0.2, -0.15) is 9.98 Å². The van der Waals surface area contributed by atoms with E-state index in [0.717, 1.165) is 48.6 Å². The number of aromatic nitrogens is 6. The second-order valence-corrected chi connectivity index (χ2v) is 18.8. The zero-order chi connectivity index (χ0) is 48.7. The number of nitrogens with one attached hydrogen (secondary N) is 2. The van der Waals surface area contributed by atoms with E-state index in [-0.39, 0.29) is 36.7 Å². The molecule has 4 N–H and O–H groups in total. The summed E-state index contributed by atoms with van der Waals surface area (Å²) in [5, 5.41) is 29.5. The minimum Gasteiger partial charge on any atom is -0.491 e. The first kappa shape index (κ1) is 48.9. The molecule has 8 heterocycles. The molecule has 0 saturated carbocycles. The van der Waals surface area contributed by atoms with E-state index in [1.807, 2.05) is 47.2 Å². The third-order valence-corrected chi connectivity index (χ3v) is 13.4. The lowest BCUT2D eigenvalue weighted by molar-refractivity contribution is -0.0787. The molecule has 0 spiro atoms. The van der Waals surface area contributed by atoms with Crippen molar-refractivity contribution in [2.45, 2.75) is 51.4 Å². The van der Waals surface area contributed by atoms with Gasteiger partial charge in [0.2, 0.25) is 11.2 Å². The van der Waals surface area contributed by atoms with Crippen LogP contribution in [0.3, 0.4) is 0 Å². The molecule has 2 amide bonds. The van der Waals surface area contributed by atoms with Gasteiger partial charge in [0.05, 0.1) is 63.1 Å². The van der Waals surface area contributed by atoms with E-state index in [9.17, 15) is 19.8 Å². The van der Waals surface area contributed by atoms with Crippen molar-refractivity contribution in [2.75, 3.05) is 104 Å². The van der Waals surface area contributed by atoms with Gasteiger partial charge in [-0.25, -0.2) is 9.97 Å². The van der Waals surface area contributed by atoms with Crippen LogP contribution in [0, 0.1) is 0 Å². The first-order valence-electron chi connectivity index (χ1n) is 23.0. The number of anilines is 2. The molecule has 372 valence electrons. The van der Waals surface area contributed by atoms with Crippen LogP contribution in [-0.2, 0) is 22.6 Å². The number of aliphatic hydroxyl groups is 2. The molecule has 22 nitrogen and oxygen atoms in total. The van der Waals surface area contributed by atoms with Crippen LogP contribution in [0.2, 0.25) is 0 Å². The van der Waals surface area contributed by atoms with Crippen LogP contribution >= 0.6 is 22.7 Å². The number of β-amino-alcohol motifs (C(OH)–C–C–N with tert-alkyl or cyclic N) is 2. The summed E-state index contributed by atoms with van der Waals surface area (Å²) in [6, 6.07) is 7.42. The van der Waals surface area contributed by atoms with E-state index in [0.29, 0.717) is 96.3 Å². The first-order valence-corrected chi connectivity index (χ1v) is 24.8. The van der Waals surface area contributed by atoms with Crippen molar-refractivity contribution in [1.29, 1.82) is 0 Å². The molecule has 2 aromatic carbocycles. The highest BCUT2D eigenvalue weighted by Crippen LogP contribution is 2.39. The quantitative estimate of drug-likeness (QED) is 0.122. The number of amides is 2. The van der Waals surface area contributed by atoms with Gasteiger partial charge in [-0.05, 0) is 38.1 Å². The summed E-state index contributed by atoms with van der Waals surface area (Å²) in [7, 11) is 3.09. The lowest BCUT2D eigenvalue weighted by Crippen LogP contribution is -2.48. The molecule has 4 aromatic heterocycles. The number of methoxy groups -OCH3 is 2. The summed E-state index contributed by atoms with van der Waals surface area (Å²) >= 11 is 2.47. The number of fused-ring (bicyclic) bond motifs is 6. The van der Waals surface area contributed by atoms with Crippen molar-refractivity contribution in [3.63, 3.8) is 0 Å². The summed E-state index contributed by atoms with van der Waals surface area (Å²) < 4.78 is 38.2. The predicted molar refractivity (Wildman–Crippen MR) is 260 cm³/mol. The van der Waals surface area contributed by atoms with Crippen molar-refractivity contribution >= 4 is 67.9 Å². The largest absolute Gasteiger partial charge is 0.491 e. The number of hydrogen-bond acceptors (Lipinski definition) is 20. The Morgan fingerprint density at radius 3 is 1.64 bits per heavy atom. The van der Waals surface area contributed by atoms with Gasteiger partial charge < -0.3 is 49.3 Å². The molecule has 2 saturated heterocycles. The van der Waals surface area contributed by atoms with E-state index >= 15 is 0 Å². The SMILES string of the molecule is COc1c(OC[C@H](O)CN2CCOCC2)ccc2c3n(c(=NC(=O)c4cncs4)nc12)CCN3.COc1c(OC[C@H](O)CN2C[C@@H](C)O[C@@H](C)C2)ccc2c3n(c(=NC(=O)c4cncs4)nc12)CCN3. The van der Waals surface area contributed by atoms with E-state index in [1.54, 1.807) is 25.2 Å². The smallest absolute Gasteiger partial charge is 0.291 e. The Kier molecular flexibility index (Phi) is 15.6. The molecule has 10 rings (SSSR count). The average molecular weight is 1000 g/mol. The molecule has 4 atom stereocenters. The minimum atomic E-state index is -0.685. The fourth-order valence-electron chi connectivity index (χ4n) is 8.92. The summed E-state index contributed by atoms with van der Waals surface area (Å²) in [5.74, 6) is 2.62. The van der Waals surface area contributed by atoms with E-state index in [1.165, 1.54) is 35.1 Å². The maximum atomic E-state index is 12.6. The summed E-state index contributed by atoms with van der Waals surface area (Å²) in [4.78, 5) is 56.3. The van der Waals surface area contributed by atoms with Crippen LogP contribution in [0.15, 0.2) is 57.7 Å². The minimum absolute atomic E-state index is 0.0982. The Morgan fingerprint density at radius 2 is 1.20 bits per heavy atom. The molecular formula is C46H56N12O10S2. The third kappa shape index (κ3) is 11.1. The van der Waals surface area contributed by atoms with Gasteiger partial charge in [0, 0.05) is 76.2 Å². The number of morpholine rings is 2. The van der Waals surface area contributed by atoms with Crippen LogP contribution < -0.4 is 40.8 Å². The Balaban J connectivity index is 0.000000174. The van der Waals surface area contributed by atoms with Crippen LogP contribution in [0.4, 0.5) is 11.6 Å². The van der Waals surface area contributed by atoms with Gasteiger partial charge in [0.15, 0.2) is 23.0 Å². The zero-order valence-electron chi connectivity index (χ0n) is 39.3. The number of aliphatic hydroxyl groups excluding tert-OH is 2. The van der Waals surface area contributed by atoms with Gasteiger partial charge in [0.1, 0.15) is 57.8 Å². The summed E-state index contributed by atoms with van der Waals surface area (Å²) in [6.45, 7) is 12.4. The summed E-state index contributed by atoms with van der Waals surface area (Å²) in [5.41, 5.74) is 4.81. The fraction of sp³-hybridized carbons (Fsp3) is 0.478. The van der Waals surface area contributed by atoms with Gasteiger partial charge in [-0.15, -0.1) is 22.7 Å². The number of rotatable bonds is 14. The standard InChI is InChI=1S/C24H30N6O5S.C22H26N6O5S/c1-14-9-29(10-15(2)35-14)11-16(31)12-34-18-5-4-17-20(21(18)33-3)27-24(30-7-6-26-22(17)30)28-23(32)19-8-25-13-36-19;1-31-19-16(33-12-14(29)11-27-6-8-32-9-7-27)3-2-15-18(19)25-22(28-5-4-24-20(15)28)26-21(30)17-10-23-13-34-17/h4-5,8,13-16,26,31H,6-7,9-12H2,1-3H3;2-3,10,13-14,24,29H,4-9,11-12H2,1H3/t14-,15+,16-;14-/m11/s1. The Bertz CT molecular complexity index is 2930. The number of hydrogen-bond donors (Lipinski definition) is 4. The molecule has 6 aromatic rings. The number of benzene rings is 2. The number of ether oxygens (including phenoxy) is 6. The Labute approximate surface area is 410 Å². The van der Waals surface area contributed by atoms with Crippen molar-refractivity contribution in [1.82, 2.24) is 38.9 Å². The van der Waals surface area contributed by atoms with Crippen LogP contribution in [0.25, 0.3) is 21.8 Å². The van der Waals surface area contributed by atoms with Gasteiger partial charge in [-0.3, -0.25) is 38.5 Å². The molecule has 0 unspecified atom stereocenters. The van der Waals surface area contributed by atoms with E-state index in [2.05, 4.69) is 45.4 Å². The van der Waals surface area contributed by atoms with Crippen molar-refractivity contribution in [3.8, 4) is 23.0 Å². The van der Waals surface area contributed by atoms with E-state index < -0.39 is 24.0 Å². The zero-order valence-corrected chi connectivity index (χ0v) is 40.9. The molecule has 0 aliphatic carbocycles. The maximum absolute atomic E-state index is 12.6. The second-order valence-electron chi connectivity index (χ2n) is 17.0. The molecular weight excluding hydrogens is 945 g/mol. The highest BCUT2D eigenvalue weighted by molar-refractivity contribution is 7.12. The lowest BCUT2D eigenvalue weighted by Gasteiger charge is -2.36. The molecule has 4 aliphatic rings. The van der Waals surface area contributed by atoms with Crippen LogP contribution in [0.1, 0.15) is 33.2 Å². The number of carbonyl (C=O) groups excluding carboxylic acids is 2. The normalized spacial score (nSPS) is 19.4. The monoisotopic (exact) mass is 1000 g/mol. The lowest BCUT2D eigenvalue weighted by atomic mass is 10.2. The van der Waals surface area contributed by atoms with Gasteiger partial charge in [-0.1, -0.05) is 0 Å². The van der Waals surface area contributed by atoms with Gasteiger partial charge in [0.25, 0.3) is 11.8 Å². The fourth-order valence-corrected chi connectivity index (χ4v) is 9.92. The van der Waals surface area contributed by atoms with Crippen molar-refractivity contribution < 1.29 is 48.2 Å². The highest BCUT2D eigenvalue weighted by atomic mass is 32.1. The molecule has 0 radical (unpaired) electrons. The molecule has 0 bridgehead atoms. The first-order chi connectivity index (χ1) is 34.1. The number of carbonyl (C=O) groups is 2. The molecule has 70 heavy (non-hydrogen) atoms. The second kappa shape index (κ2) is 22.3. The predicted octanol–water partition coefficient (Wildman–Crippen LogP) is 2.26. The number of nitrogens with zero attached hydrogens (tertiary/aromatic N) is 10. The van der Waals surface area contributed by atoms with Crippen LogP contribution in [-0.4, -0.2) is 178 Å². The van der Waals surface area contributed by atoms with Crippen molar-refractivity contribution in [2.24, 2.45) is 9.98 Å². The van der Waals surface area contributed by atoms with E-state index in [4.69, 9.17) is 33.4 Å². The Hall–Kier alpha value is -6.12. The number of thiazole rings is 2. The topological polar surface area (TPSA) is 247 Å². The molecule has 24 heteroatoms. The summed E-state index contributed by atoms with van der Waals surface area (Å²) in [6.07, 6.45) is 1.90. The highest BCUT2D eigenvalue weighted by Gasteiger charge is 2.27. The maximum Gasteiger partial charge on any atom is 0.291 e. The van der Waals surface area contributed by atoms with Crippen molar-refractivity contribution in [3.05, 3.63) is 68.7 Å². The molecule has 4 aliphatic heterocycles. The van der Waals surface area contributed by atoms with Crippen LogP contribution in [0.5, 0.6) is 23.0 Å². The third-order valence-electron chi connectivity index (χ3n) is 11.9. The molecule has 2 fully saturated rings. The Morgan fingerprint density at radius 1 is 0.729 bits per heavy atom. The average Bonchev–Trinajstić information content (AvgIpc) is 4.22. The van der Waals surface area contributed by atoms with Gasteiger partial charge >= 0.3 is 0 Å².